The number of aromatic nitrogens is 2. The van der Waals surface area contributed by atoms with Crippen LogP contribution in [-0.4, -0.2) is 36.5 Å². The Bertz CT molecular complexity index is 1060. The summed E-state index contributed by atoms with van der Waals surface area (Å²) in [5.41, 5.74) is 0.699. The molecule has 0 spiro atoms. The lowest BCUT2D eigenvalue weighted by Crippen LogP contribution is -2.17. The molecule has 3 aromatic rings. The van der Waals surface area contributed by atoms with E-state index in [9.17, 15) is 17.6 Å². The lowest BCUT2D eigenvalue weighted by Gasteiger charge is -2.04. The summed E-state index contributed by atoms with van der Waals surface area (Å²) in [5, 5.41) is 9.99. The van der Waals surface area contributed by atoms with Gasteiger partial charge in [-0.1, -0.05) is 5.10 Å². The van der Waals surface area contributed by atoms with Crippen LogP contribution in [0.5, 0.6) is 0 Å². The highest BCUT2D eigenvalue weighted by atomic mass is 32.2. The van der Waals surface area contributed by atoms with Crippen LogP contribution >= 0.6 is 11.8 Å². The second-order valence-corrected chi connectivity index (χ2v) is 8.70. The third-order valence-electron chi connectivity index (χ3n) is 3.78. The molecule has 146 valence electrons. The van der Waals surface area contributed by atoms with Crippen LogP contribution < -0.4 is 5.32 Å². The Kier molecular flexibility index (Phi) is 6.10. The minimum absolute atomic E-state index is 0.0459. The van der Waals surface area contributed by atoms with Gasteiger partial charge in [0.05, 0.1) is 10.6 Å². The molecule has 0 fully saturated rings. The molecule has 0 aliphatic carbocycles. The lowest BCUT2D eigenvalue weighted by molar-refractivity contribution is -0.115. The van der Waals surface area contributed by atoms with Crippen molar-refractivity contribution < 1.29 is 22.0 Å². The largest absolute Gasteiger partial charge is 0.403 e. The Morgan fingerprint density at radius 1 is 1.11 bits per heavy atom. The van der Waals surface area contributed by atoms with Gasteiger partial charge in [0, 0.05) is 16.9 Å². The van der Waals surface area contributed by atoms with E-state index in [2.05, 4.69) is 15.5 Å². The van der Waals surface area contributed by atoms with Gasteiger partial charge in [-0.3, -0.25) is 10.1 Å². The van der Waals surface area contributed by atoms with Gasteiger partial charge in [0.1, 0.15) is 5.82 Å². The number of carbonyl (C=O) groups excluding carboxylic acids is 1. The first kappa shape index (κ1) is 20.0. The SMILES string of the molecule is CSc1ccc(-c2nnc(NC(=O)CCS(=O)(=O)c3ccc(F)cc3)o2)cc1. The van der Waals surface area contributed by atoms with Gasteiger partial charge in [-0.05, 0) is 54.8 Å². The number of sulfone groups is 1. The van der Waals surface area contributed by atoms with Crippen molar-refractivity contribution in [2.24, 2.45) is 0 Å². The summed E-state index contributed by atoms with van der Waals surface area (Å²) in [6.45, 7) is 0. The number of amides is 1. The van der Waals surface area contributed by atoms with Crippen molar-refractivity contribution in [1.29, 1.82) is 0 Å². The second-order valence-electron chi connectivity index (χ2n) is 5.71. The minimum Gasteiger partial charge on any atom is -0.403 e. The zero-order valence-corrected chi connectivity index (χ0v) is 16.4. The van der Waals surface area contributed by atoms with Crippen LogP contribution in [0, 0.1) is 5.82 Å². The molecule has 1 aromatic heterocycles. The van der Waals surface area contributed by atoms with Crippen LogP contribution in [0.3, 0.4) is 0 Å². The predicted molar refractivity (Wildman–Crippen MR) is 103 cm³/mol. The van der Waals surface area contributed by atoms with Crippen molar-refractivity contribution >= 4 is 33.5 Å². The first-order chi connectivity index (χ1) is 13.4. The fourth-order valence-electron chi connectivity index (χ4n) is 2.29. The highest BCUT2D eigenvalue weighted by Gasteiger charge is 2.18. The van der Waals surface area contributed by atoms with Gasteiger partial charge >= 0.3 is 6.01 Å². The van der Waals surface area contributed by atoms with Crippen molar-refractivity contribution in [3.05, 3.63) is 54.3 Å². The fraction of sp³-hybridized carbons (Fsp3) is 0.167. The summed E-state index contributed by atoms with van der Waals surface area (Å²) in [4.78, 5) is 13.0. The molecule has 7 nitrogen and oxygen atoms in total. The Morgan fingerprint density at radius 3 is 2.43 bits per heavy atom. The van der Waals surface area contributed by atoms with Crippen LogP contribution in [0.15, 0.2) is 62.7 Å². The molecule has 1 N–H and O–H groups in total. The number of anilines is 1. The molecule has 1 heterocycles. The lowest BCUT2D eigenvalue weighted by atomic mass is 10.2. The number of nitrogens with zero attached hydrogens (tertiary/aromatic N) is 2. The molecule has 10 heteroatoms. The number of nitrogens with one attached hydrogen (secondary N) is 1. The van der Waals surface area contributed by atoms with E-state index in [0.29, 0.717) is 5.56 Å². The van der Waals surface area contributed by atoms with Crippen LogP contribution in [0.25, 0.3) is 11.5 Å². The molecule has 3 rings (SSSR count). The van der Waals surface area contributed by atoms with Gasteiger partial charge in [-0.25, -0.2) is 12.8 Å². The smallest absolute Gasteiger partial charge is 0.322 e. The van der Waals surface area contributed by atoms with E-state index in [4.69, 9.17) is 4.42 Å². The average molecular weight is 421 g/mol. The summed E-state index contributed by atoms with van der Waals surface area (Å²) in [5.74, 6) is -1.31. The Hall–Kier alpha value is -2.72. The maximum absolute atomic E-state index is 12.9. The zero-order chi connectivity index (χ0) is 20.1. The number of carbonyl (C=O) groups is 1. The summed E-state index contributed by atoms with van der Waals surface area (Å²) in [6.07, 6.45) is 1.66. The van der Waals surface area contributed by atoms with Gasteiger partial charge in [0.15, 0.2) is 9.84 Å². The maximum atomic E-state index is 12.9. The van der Waals surface area contributed by atoms with E-state index in [1.807, 2.05) is 30.5 Å². The summed E-state index contributed by atoms with van der Waals surface area (Å²) < 4.78 is 42.7. The van der Waals surface area contributed by atoms with Gasteiger partial charge in [-0.15, -0.1) is 16.9 Å². The second kappa shape index (κ2) is 8.53. The number of thioether (sulfide) groups is 1. The predicted octanol–water partition coefficient (Wildman–Crippen LogP) is 3.40. The fourth-order valence-corrected chi connectivity index (χ4v) is 3.94. The standard InChI is InChI=1S/C18H16FN3O4S2/c1-27-14-6-2-12(3-7-14)17-21-22-18(26-17)20-16(23)10-11-28(24,25)15-8-4-13(19)5-9-15/h2-9H,10-11H2,1H3,(H,20,22,23). The minimum atomic E-state index is -3.70. The van der Waals surface area contributed by atoms with Crippen molar-refractivity contribution in [3.63, 3.8) is 0 Å². The molecule has 2 aromatic carbocycles. The quantitative estimate of drug-likeness (QED) is 0.461. The number of rotatable bonds is 7. The van der Waals surface area contributed by atoms with Gasteiger partial charge < -0.3 is 4.42 Å². The normalized spacial score (nSPS) is 11.4. The number of benzene rings is 2. The van der Waals surface area contributed by atoms with E-state index < -0.39 is 27.3 Å². The number of halogens is 1. The summed E-state index contributed by atoms with van der Waals surface area (Å²) in [7, 11) is -3.70. The number of hydrogen-bond acceptors (Lipinski definition) is 7. The van der Waals surface area contributed by atoms with Gasteiger partial charge in [0.25, 0.3) is 0 Å². The van der Waals surface area contributed by atoms with E-state index >= 15 is 0 Å². The third kappa shape index (κ3) is 4.96. The molecule has 28 heavy (non-hydrogen) atoms. The number of hydrogen-bond donors (Lipinski definition) is 1. The van der Waals surface area contributed by atoms with Gasteiger partial charge in [0.2, 0.25) is 11.8 Å². The van der Waals surface area contributed by atoms with Crippen LogP contribution in [0.2, 0.25) is 0 Å². The molecule has 0 saturated heterocycles. The van der Waals surface area contributed by atoms with Crippen LogP contribution in [-0.2, 0) is 14.6 Å². The molecular formula is C18H16FN3O4S2. The highest BCUT2D eigenvalue weighted by molar-refractivity contribution is 7.98. The third-order valence-corrected chi connectivity index (χ3v) is 6.25. The van der Waals surface area contributed by atoms with Crippen molar-refractivity contribution in [1.82, 2.24) is 10.2 Å². The zero-order valence-electron chi connectivity index (χ0n) is 14.8. The summed E-state index contributed by atoms with van der Waals surface area (Å²) >= 11 is 1.60. The monoisotopic (exact) mass is 421 g/mol. The molecular weight excluding hydrogens is 405 g/mol. The Morgan fingerprint density at radius 2 is 1.79 bits per heavy atom. The maximum Gasteiger partial charge on any atom is 0.322 e. The van der Waals surface area contributed by atoms with Gasteiger partial charge in [-0.2, -0.15) is 0 Å². The Balaban J connectivity index is 1.59. The molecule has 0 radical (unpaired) electrons. The Labute approximate surface area is 165 Å². The van der Waals surface area contributed by atoms with Crippen molar-refractivity contribution in [2.75, 3.05) is 17.3 Å². The summed E-state index contributed by atoms with van der Waals surface area (Å²) in [6, 6.07) is 11.8. The molecule has 0 aliphatic heterocycles. The molecule has 1 amide bonds. The topological polar surface area (TPSA) is 102 Å². The molecule has 0 saturated carbocycles. The first-order valence-electron chi connectivity index (χ1n) is 8.13. The van der Waals surface area contributed by atoms with E-state index in [1.54, 1.807) is 11.8 Å². The average Bonchev–Trinajstić information content (AvgIpc) is 3.15. The highest BCUT2D eigenvalue weighted by Crippen LogP contribution is 2.23. The van der Waals surface area contributed by atoms with E-state index in [0.717, 1.165) is 29.2 Å². The molecule has 0 atom stereocenters. The van der Waals surface area contributed by atoms with Crippen LogP contribution in [0.4, 0.5) is 10.4 Å². The molecule has 0 unspecified atom stereocenters. The van der Waals surface area contributed by atoms with E-state index in [-0.39, 0.29) is 23.2 Å². The van der Waals surface area contributed by atoms with Crippen LogP contribution in [0.1, 0.15) is 6.42 Å². The van der Waals surface area contributed by atoms with Crippen molar-refractivity contribution in [2.45, 2.75) is 16.2 Å². The molecule has 0 aliphatic rings. The first-order valence-corrected chi connectivity index (χ1v) is 11.0. The van der Waals surface area contributed by atoms with E-state index in [1.165, 1.54) is 0 Å². The molecule has 0 bridgehead atoms. The van der Waals surface area contributed by atoms with Crippen molar-refractivity contribution in [3.8, 4) is 11.5 Å².